The average molecular weight is 835 g/mol. The number of aryl methyl sites for hydroxylation is 3. The van der Waals surface area contributed by atoms with Crippen molar-refractivity contribution in [3.63, 3.8) is 0 Å². The first-order valence-electron chi connectivity index (χ1n) is 16.9. The minimum absolute atomic E-state index is 0. The third-order valence-corrected chi connectivity index (χ3v) is 9.17. The zero-order valence-electron chi connectivity index (χ0n) is 29.4. The van der Waals surface area contributed by atoms with E-state index in [1.54, 1.807) is 12.3 Å². The van der Waals surface area contributed by atoms with Gasteiger partial charge in [-0.2, -0.15) is 0 Å². The Bertz CT molecular complexity index is 2490. The Labute approximate surface area is 306 Å². The van der Waals surface area contributed by atoms with Crippen LogP contribution in [0, 0.1) is 38.7 Å². The van der Waals surface area contributed by atoms with E-state index in [1.807, 2.05) is 57.3 Å². The molecule has 0 fully saturated rings. The summed E-state index contributed by atoms with van der Waals surface area (Å²) in [7, 11) is 0. The van der Waals surface area contributed by atoms with Crippen LogP contribution in [-0.2, 0) is 20.1 Å². The second-order valence-corrected chi connectivity index (χ2v) is 13.6. The van der Waals surface area contributed by atoms with Gasteiger partial charge >= 0.3 is 0 Å². The molecule has 0 saturated carbocycles. The predicted octanol–water partition coefficient (Wildman–Crippen LogP) is 12.6. The van der Waals surface area contributed by atoms with E-state index in [9.17, 15) is 0 Å². The van der Waals surface area contributed by atoms with Crippen LogP contribution in [0.25, 0.3) is 66.0 Å². The smallest absolute Gasteiger partial charge is 0.133 e. The van der Waals surface area contributed by atoms with Crippen molar-refractivity contribution < 1.29 is 28.9 Å². The van der Waals surface area contributed by atoms with Crippen molar-refractivity contribution in [1.82, 2.24) is 9.97 Å². The van der Waals surface area contributed by atoms with Gasteiger partial charge in [-0.15, -0.1) is 52.6 Å². The minimum Gasteiger partial charge on any atom is -0.501 e. The summed E-state index contributed by atoms with van der Waals surface area (Å²) in [6.45, 7) is 14.7. The first-order chi connectivity index (χ1) is 23.6. The summed E-state index contributed by atoms with van der Waals surface area (Å²) < 4.78 is 21.3. The van der Waals surface area contributed by atoms with Crippen LogP contribution >= 0.6 is 0 Å². The van der Waals surface area contributed by atoms with E-state index in [4.69, 9.17) is 4.42 Å². The average Bonchev–Trinajstić information content (AvgIpc) is 3.45. The van der Waals surface area contributed by atoms with Crippen molar-refractivity contribution in [2.45, 2.75) is 60.3 Å². The van der Waals surface area contributed by atoms with Crippen molar-refractivity contribution in [3.05, 3.63) is 143 Å². The van der Waals surface area contributed by atoms with Gasteiger partial charge in [-0.25, -0.2) is 4.39 Å². The van der Waals surface area contributed by atoms with Crippen LogP contribution in [0.1, 0.15) is 67.3 Å². The maximum absolute atomic E-state index is 15.1. The molecule has 50 heavy (non-hydrogen) atoms. The monoisotopic (exact) mass is 835 g/mol. The Balaban J connectivity index is 0.000000177. The quantitative estimate of drug-likeness (QED) is 0.166. The molecule has 8 rings (SSSR count). The molecule has 5 heteroatoms. The summed E-state index contributed by atoms with van der Waals surface area (Å²) in [5.41, 5.74) is 10.6. The Morgan fingerprint density at radius 1 is 0.640 bits per heavy atom. The number of fused-ring (bicyclic) bond motifs is 5. The third kappa shape index (κ3) is 6.61. The van der Waals surface area contributed by atoms with Crippen molar-refractivity contribution in [3.8, 4) is 22.5 Å². The largest absolute Gasteiger partial charge is 0.501 e. The molecule has 5 aromatic carbocycles. The Kier molecular flexibility index (Phi) is 10.0. The molecule has 0 aliphatic heterocycles. The number of furan rings is 1. The van der Waals surface area contributed by atoms with E-state index < -0.39 is 0 Å². The predicted molar refractivity (Wildman–Crippen MR) is 202 cm³/mol. The zero-order valence-corrected chi connectivity index (χ0v) is 31.8. The van der Waals surface area contributed by atoms with Gasteiger partial charge in [0.05, 0.1) is 5.58 Å². The fraction of sp³-hybridized carbons (Fsp3) is 0.200. The van der Waals surface area contributed by atoms with Crippen LogP contribution in [0.15, 0.2) is 102 Å². The number of aromatic nitrogens is 2. The Morgan fingerprint density at radius 3 is 2.12 bits per heavy atom. The number of pyridine rings is 2. The molecule has 0 saturated heterocycles. The number of hydrogen-bond donors (Lipinski definition) is 0. The molecule has 0 N–H and O–H groups in total. The summed E-state index contributed by atoms with van der Waals surface area (Å²) in [5.74, 6) is 0.483. The van der Waals surface area contributed by atoms with Gasteiger partial charge in [0, 0.05) is 43.3 Å². The molecular formula is C45H39FIrN2O-2. The van der Waals surface area contributed by atoms with Crippen molar-refractivity contribution in [1.29, 1.82) is 0 Å². The zero-order chi connectivity index (χ0) is 34.4. The van der Waals surface area contributed by atoms with Crippen molar-refractivity contribution >= 4 is 43.5 Å². The summed E-state index contributed by atoms with van der Waals surface area (Å²) >= 11 is 0. The first kappa shape index (κ1) is 35.1. The molecule has 0 spiro atoms. The van der Waals surface area contributed by atoms with Gasteiger partial charge in [-0.1, -0.05) is 108 Å². The number of para-hydroxylation sites is 1. The number of rotatable bonds is 4. The van der Waals surface area contributed by atoms with Crippen LogP contribution in [-0.4, -0.2) is 9.97 Å². The van der Waals surface area contributed by atoms with E-state index >= 15 is 4.39 Å². The fourth-order valence-corrected chi connectivity index (χ4v) is 6.74. The molecule has 0 aliphatic rings. The molecular weight excluding hydrogens is 796 g/mol. The van der Waals surface area contributed by atoms with Crippen molar-refractivity contribution in [2.75, 3.05) is 0 Å². The molecule has 253 valence electrons. The van der Waals surface area contributed by atoms with Crippen molar-refractivity contribution in [2.24, 2.45) is 0 Å². The molecule has 0 atom stereocenters. The van der Waals surface area contributed by atoms with Gasteiger partial charge in [-0.3, -0.25) is 0 Å². The summed E-state index contributed by atoms with van der Waals surface area (Å²) in [4.78, 5) is 9.20. The summed E-state index contributed by atoms with van der Waals surface area (Å²) in [5, 5.41) is 5.88. The second-order valence-electron chi connectivity index (χ2n) is 13.6. The number of halogens is 1. The second kappa shape index (κ2) is 14.3. The van der Waals surface area contributed by atoms with E-state index in [-0.39, 0.29) is 31.8 Å². The molecule has 3 aromatic heterocycles. The van der Waals surface area contributed by atoms with E-state index in [0.717, 1.165) is 55.3 Å². The maximum Gasteiger partial charge on any atom is 0.133 e. The molecule has 0 unspecified atom stereocenters. The number of nitrogens with zero attached hydrogens (tertiary/aromatic N) is 2. The van der Waals surface area contributed by atoms with Crippen LogP contribution in [0.2, 0.25) is 0 Å². The van der Waals surface area contributed by atoms with Crippen LogP contribution in [0.3, 0.4) is 0 Å². The van der Waals surface area contributed by atoms with Gasteiger partial charge in [0.2, 0.25) is 0 Å². The van der Waals surface area contributed by atoms with Gasteiger partial charge < -0.3 is 14.4 Å². The van der Waals surface area contributed by atoms with E-state index in [2.05, 4.69) is 98.3 Å². The molecule has 8 aromatic rings. The molecule has 3 heterocycles. The maximum atomic E-state index is 15.1. The van der Waals surface area contributed by atoms with Crippen LogP contribution in [0.5, 0.6) is 0 Å². The van der Waals surface area contributed by atoms with E-state index in [0.29, 0.717) is 22.6 Å². The minimum atomic E-state index is -0.176. The molecule has 1 radical (unpaired) electrons. The van der Waals surface area contributed by atoms with Crippen LogP contribution in [0.4, 0.5) is 4.39 Å². The molecule has 0 aliphatic carbocycles. The summed E-state index contributed by atoms with van der Waals surface area (Å²) in [6, 6.07) is 35.5. The normalized spacial score (nSPS) is 11.4. The number of benzene rings is 5. The summed E-state index contributed by atoms with van der Waals surface area (Å²) in [6.07, 6.45) is 3.56. The Hall–Kier alpha value is -4.70. The molecule has 3 nitrogen and oxygen atoms in total. The SMILES string of the molecule is Cc1[c-]c(-c2nccc3c(F)c(C(C)C)ccc23)c2oc3ccccc3c2c1.Cc1[c-]c(-c2nccc3cc(C(C)C)ccc23)cc(C)c1.[Ir]. The Morgan fingerprint density at radius 2 is 1.36 bits per heavy atom. The fourth-order valence-electron chi connectivity index (χ4n) is 6.74. The molecule has 0 bridgehead atoms. The standard InChI is InChI=1S/C25H19FNO.C20H20N.Ir/c1-14(2)16-8-9-19-18(23(16)26)10-11-27-24(19)21-13-15(3)12-20-17-6-4-5-7-22(17)28-25(20)21;1-13(2)16-5-6-19-17(12-16)7-8-21-20(19)18-10-14(3)9-15(4)11-18;/h4-12,14H,1-3H3;5-10,12-13H,1-4H3;/q2*-1;. The van der Waals surface area contributed by atoms with E-state index in [1.165, 1.54) is 21.9 Å². The first-order valence-corrected chi connectivity index (χ1v) is 16.9. The van der Waals surface area contributed by atoms with Crippen LogP contribution < -0.4 is 0 Å². The molecule has 0 amide bonds. The number of hydrogen-bond acceptors (Lipinski definition) is 3. The van der Waals surface area contributed by atoms with Gasteiger partial charge in [0.15, 0.2) is 0 Å². The van der Waals surface area contributed by atoms with Gasteiger partial charge in [0.1, 0.15) is 11.4 Å². The topological polar surface area (TPSA) is 38.9 Å². The van der Waals surface area contributed by atoms with Gasteiger partial charge in [-0.05, 0) is 68.7 Å². The third-order valence-electron chi connectivity index (χ3n) is 9.17. The van der Waals surface area contributed by atoms with Gasteiger partial charge in [0.25, 0.3) is 0 Å².